The summed E-state index contributed by atoms with van der Waals surface area (Å²) in [6, 6.07) is 5.48. The van der Waals surface area contributed by atoms with Crippen LogP contribution in [0.2, 0.25) is 0 Å². The molecule has 3 rings (SSSR count). The van der Waals surface area contributed by atoms with Gasteiger partial charge in [0, 0.05) is 12.0 Å². The summed E-state index contributed by atoms with van der Waals surface area (Å²) >= 11 is 0. The van der Waals surface area contributed by atoms with Crippen LogP contribution in [-0.4, -0.2) is 11.9 Å². The Hall–Kier alpha value is -1.52. The molecule has 0 spiro atoms. The topological polar surface area (TPSA) is 29.1 Å². The van der Waals surface area contributed by atoms with Gasteiger partial charge in [0.2, 0.25) is 5.91 Å². The summed E-state index contributed by atoms with van der Waals surface area (Å²) in [5, 5.41) is 2.93. The van der Waals surface area contributed by atoms with Crippen LogP contribution in [0.1, 0.15) is 36.3 Å². The van der Waals surface area contributed by atoms with Crippen molar-refractivity contribution >= 4 is 5.91 Å². The number of carbonyl (C=O) groups is 1. The number of halogens is 3. The maximum Gasteiger partial charge on any atom is 0.416 e. The molecular formula is C14H14F3NO. The third-order valence-corrected chi connectivity index (χ3v) is 3.72. The van der Waals surface area contributed by atoms with E-state index in [-0.39, 0.29) is 17.7 Å². The average molecular weight is 269 g/mol. The van der Waals surface area contributed by atoms with E-state index in [4.69, 9.17) is 0 Å². The Balaban J connectivity index is 1.63. The zero-order valence-electron chi connectivity index (χ0n) is 10.2. The van der Waals surface area contributed by atoms with Gasteiger partial charge in [0.25, 0.3) is 0 Å². The van der Waals surface area contributed by atoms with Crippen LogP contribution in [0.5, 0.6) is 0 Å². The highest BCUT2D eigenvalue weighted by Gasteiger charge is 2.45. The van der Waals surface area contributed by atoms with Crippen molar-refractivity contribution in [3.8, 4) is 0 Å². The first-order valence-electron chi connectivity index (χ1n) is 6.42. The highest BCUT2D eigenvalue weighted by molar-refractivity contribution is 5.83. The Morgan fingerprint density at radius 2 is 1.79 bits per heavy atom. The molecule has 102 valence electrons. The van der Waals surface area contributed by atoms with Crippen LogP contribution >= 0.6 is 0 Å². The minimum atomic E-state index is -4.30. The average Bonchev–Trinajstić information content (AvgIpc) is 3.22. The SMILES string of the molecule is O=C(NC1CC1)C1CC1c1ccc(C(F)(F)F)cc1. The van der Waals surface area contributed by atoms with Gasteiger partial charge in [0.05, 0.1) is 5.56 Å². The summed E-state index contributed by atoms with van der Waals surface area (Å²) in [5.41, 5.74) is 0.180. The predicted octanol–water partition coefficient (Wildman–Crippen LogP) is 3.09. The van der Waals surface area contributed by atoms with Crippen molar-refractivity contribution in [1.29, 1.82) is 0 Å². The fraction of sp³-hybridized carbons (Fsp3) is 0.500. The molecule has 1 amide bonds. The molecule has 0 aromatic heterocycles. The molecule has 1 aromatic rings. The second kappa shape index (κ2) is 4.25. The van der Waals surface area contributed by atoms with Gasteiger partial charge < -0.3 is 5.32 Å². The molecular weight excluding hydrogens is 255 g/mol. The first-order chi connectivity index (χ1) is 8.95. The molecule has 0 saturated heterocycles. The lowest BCUT2D eigenvalue weighted by molar-refractivity contribution is -0.137. The lowest BCUT2D eigenvalue weighted by Gasteiger charge is -2.07. The molecule has 2 aliphatic rings. The van der Waals surface area contributed by atoms with Crippen LogP contribution in [0.3, 0.4) is 0 Å². The maximum absolute atomic E-state index is 12.4. The Kier molecular flexibility index (Phi) is 2.80. The van der Waals surface area contributed by atoms with E-state index < -0.39 is 11.7 Å². The van der Waals surface area contributed by atoms with Crippen molar-refractivity contribution < 1.29 is 18.0 Å². The molecule has 2 atom stereocenters. The summed E-state index contributed by atoms with van der Waals surface area (Å²) in [4.78, 5) is 11.8. The number of hydrogen-bond acceptors (Lipinski definition) is 1. The highest BCUT2D eigenvalue weighted by Crippen LogP contribution is 2.48. The van der Waals surface area contributed by atoms with E-state index in [1.807, 2.05) is 0 Å². The minimum absolute atomic E-state index is 0.0485. The fourth-order valence-electron chi connectivity index (χ4n) is 2.31. The Labute approximate surface area is 109 Å². The van der Waals surface area contributed by atoms with Crippen LogP contribution in [-0.2, 0) is 11.0 Å². The normalized spacial score (nSPS) is 26.1. The fourth-order valence-corrected chi connectivity index (χ4v) is 2.31. The number of benzene rings is 1. The van der Waals surface area contributed by atoms with Gasteiger partial charge >= 0.3 is 6.18 Å². The van der Waals surface area contributed by atoms with Crippen LogP contribution in [0.25, 0.3) is 0 Å². The largest absolute Gasteiger partial charge is 0.416 e. The third-order valence-electron chi connectivity index (χ3n) is 3.72. The van der Waals surface area contributed by atoms with Crippen molar-refractivity contribution in [1.82, 2.24) is 5.32 Å². The second-order valence-corrected chi connectivity index (χ2v) is 5.35. The first-order valence-corrected chi connectivity index (χ1v) is 6.42. The van der Waals surface area contributed by atoms with Crippen LogP contribution in [0.15, 0.2) is 24.3 Å². The van der Waals surface area contributed by atoms with Crippen LogP contribution in [0, 0.1) is 5.92 Å². The van der Waals surface area contributed by atoms with E-state index in [1.54, 1.807) is 0 Å². The molecule has 2 aliphatic carbocycles. The van der Waals surface area contributed by atoms with Gasteiger partial charge in [-0.25, -0.2) is 0 Å². The number of alkyl halides is 3. The van der Waals surface area contributed by atoms with Gasteiger partial charge in [-0.05, 0) is 42.9 Å². The highest BCUT2D eigenvalue weighted by atomic mass is 19.4. The molecule has 2 saturated carbocycles. The maximum atomic E-state index is 12.4. The van der Waals surface area contributed by atoms with Gasteiger partial charge in [0.1, 0.15) is 0 Å². The minimum Gasteiger partial charge on any atom is -0.353 e. The molecule has 2 nitrogen and oxygen atoms in total. The van der Waals surface area contributed by atoms with Crippen molar-refractivity contribution in [3.63, 3.8) is 0 Å². The van der Waals surface area contributed by atoms with Gasteiger partial charge in [0.15, 0.2) is 0 Å². The van der Waals surface area contributed by atoms with Crippen LogP contribution in [0.4, 0.5) is 13.2 Å². The van der Waals surface area contributed by atoms with E-state index in [9.17, 15) is 18.0 Å². The van der Waals surface area contributed by atoms with Gasteiger partial charge in [-0.15, -0.1) is 0 Å². The van der Waals surface area contributed by atoms with E-state index in [2.05, 4.69) is 5.32 Å². The lowest BCUT2D eigenvalue weighted by Crippen LogP contribution is -2.27. The van der Waals surface area contributed by atoms with Crippen molar-refractivity contribution in [2.45, 2.75) is 37.4 Å². The van der Waals surface area contributed by atoms with Gasteiger partial charge in [-0.3, -0.25) is 4.79 Å². The Bertz CT molecular complexity index is 490. The second-order valence-electron chi connectivity index (χ2n) is 5.35. The van der Waals surface area contributed by atoms with Crippen LogP contribution < -0.4 is 5.32 Å². The number of hydrogen-bond donors (Lipinski definition) is 1. The molecule has 5 heteroatoms. The number of carbonyl (C=O) groups excluding carboxylic acids is 1. The molecule has 2 fully saturated rings. The Morgan fingerprint density at radius 1 is 1.16 bits per heavy atom. The number of nitrogens with one attached hydrogen (secondary N) is 1. The van der Waals surface area contributed by atoms with E-state index in [0.29, 0.717) is 6.04 Å². The molecule has 0 heterocycles. The monoisotopic (exact) mass is 269 g/mol. The molecule has 0 bridgehead atoms. The van der Waals surface area contributed by atoms with E-state index in [1.165, 1.54) is 12.1 Å². The van der Waals surface area contributed by atoms with E-state index >= 15 is 0 Å². The Morgan fingerprint density at radius 3 is 2.32 bits per heavy atom. The predicted molar refractivity (Wildman–Crippen MR) is 63.5 cm³/mol. The van der Waals surface area contributed by atoms with Crippen molar-refractivity contribution in [3.05, 3.63) is 35.4 Å². The molecule has 1 N–H and O–H groups in total. The summed E-state index contributed by atoms with van der Waals surface area (Å²) in [6.45, 7) is 0. The first kappa shape index (κ1) is 12.5. The smallest absolute Gasteiger partial charge is 0.353 e. The molecule has 1 aromatic carbocycles. The zero-order valence-corrected chi connectivity index (χ0v) is 10.2. The molecule has 0 aliphatic heterocycles. The summed E-state index contributed by atoms with van der Waals surface area (Å²) < 4.78 is 37.3. The number of amides is 1. The molecule has 0 radical (unpaired) electrons. The summed E-state index contributed by atoms with van der Waals surface area (Å²) in [5.74, 6) is 0.0748. The standard InChI is InChI=1S/C14H14F3NO/c15-14(16,17)9-3-1-8(2-4-9)11-7-12(11)13(19)18-10-5-6-10/h1-4,10-12H,5-7H2,(H,18,19). The summed E-state index contributed by atoms with van der Waals surface area (Å²) in [6.07, 6.45) is -1.47. The zero-order chi connectivity index (χ0) is 13.6. The van der Waals surface area contributed by atoms with Crippen molar-refractivity contribution in [2.75, 3.05) is 0 Å². The number of rotatable bonds is 3. The van der Waals surface area contributed by atoms with Gasteiger partial charge in [-0.1, -0.05) is 12.1 Å². The third kappa shape index (κ3) is 2.74. The van der Waals surface area contributed by atoms with Crippen molar-refractivity contribution in [2.24, 2.45) is 5.92 Å². The van der Waals surface area contributed by atoms with Gasteiger partial charge in [-0.2, -0.15) is 13.2 Å². The molecule has 19 heavy (non-hydrogen) atoms. The quantitative estimate of drug-likeness (QED) is 0.897. The lowest BCUT2D eigenvalue weighted by atomic mass is 10.1. The molecule has 2 unspecified atom stereocenters. The van der Waals surface area contributed by atoms with E-state index in [0.717, 1.165) is 37.0 Å². The summed E-state index contributed by atoms with van der Waals surface area (Å²) in [7, 11) is 0.